The zero-order valence-corrected chi connectivity index (χ0v) is 7.12. The van der Waals surface area contributed by atoms with Gasteiger partial charge in [-0.15, -0.1) is 0 Å². The van der Waals surface area contributed by atoms with Crippen LogP contribution in [0, 0.1) is 11.3 Å². The number of alkyl halides is 3. The number of benzene rings is 1. The van der Waals surface area contributed by atoms with Crippen LogP contribution in [-0.4, -0.2) is 5.51 Å². The van der Waals surface area contributed by atoms with E-state index in [0.29, 0.717) is 5.56 Å². The predicted octanol–water partition coefficient (Wildman–Crippen LogP) is 3.17. The molecule has 0 aliphatic heterocycles. The lowest BCUT2D eigenvalue weighted by Crippen LogP contribution is -1.98. The lowest BCUT2D eigenvalue weighted by atomic mass is 10.2. The normalized spacial score (nSPS) is 10.9. The second-order valence-electron chi connectivity index (χ2n) is 2.18. The van der Waals surface area contributed by atoms with Crippen molar-refractivity contribution in [3.63, 3.8) is 0 Å². The van der Waals surface area contributed by atoms with Gasteiger partial charge in [0.1, 0.15) is 0 Å². The maximum absolute atomic E-state index is 11.8. The van der Waals surface area contributed by atoms with Crippen LogP contribution in [0.3, 0.4) is 0 Å². The van der Waals surface area contributed by atoms with Crippen molar-refractivity contribution in [3.05, 3.63) is 29.8 Å². The highest BCUT2D eigenvalue weighted by Crippen LogP contribution is 2.36. The fourth-order valence-electron chi connectivity index (χ4n) is 0.731. The van der Waals surface area contributed by atoms with E-state index in [-0.39, 0.29) is 16.7 Å². The summed E-state index contributed by atoms with van der Waals surface area (Å²) in [6, 6.07) is 7.09. The van der Waals surface area contributed by atoms with Gasteiger partial charge in [0, 0.05) is 4.90 Å². The van der Waals surface area contributed by atoms with Gasteiger partial charge in [-0.1, -0.05) is 0 Å². The first-order chi connectivity index (χ1) is 6.01. The Morgan fingerprint density at radius 3 is 2.08 bits per heavy atom. The fourth-order valence-corrected chi connectivity index (χ4v) is 1.27. The molecule has 0 aliphatic carbocycles. The van der Waals surface area contributed by atoms with Crippen molar-refractivity contribution in [2.75, 3.05) is 0 Å². The molecule has 0 aliphatic rings. The Morgan fingerprint density at radius 1 is 1.15 bits per heavy atom. The largest absolute Gasteiger partial charge is 0.446 e. The third-order valence-electron chi connectivity index (χ3n) is 1.22. The Labute approximate surface area is 77.2 Å². The number of thioether (sulfide) groups is 1. The van der Waals surface area contributed by atoms with Crippen LogP contribution in [0.2, 0.25) is 0 Å². The monoisotopic (exact) mass is 202 g/mol. The van der Waals surface area contributed by atoms with E-state index in [9.17, 15) is 13.2 Å². The molecule has 0 unspecified atom stereocenters. The minimum atomic E-state index is -4.27. The molecule has 0 radical (unpaired) electrons. The van der Waals surface area contributed by atoms with Crippen molar-refractivity contribution < 1.29 is 13.2 Å². The molecule has 0 amide bonds. The molecule has 0 N–H and O–H groups in total. The Hall–Kier alpha value is -1.15. The van der Waals surface area contributed by atoms with Crippen molar-refractivity contribution in [2.24, 2.45) is 0 Å². The summed E-state index contributed by atoms with van der Waals surface area (Å²) in [4.78, 5) is 0.0894. The smallest absolute Gasteiger partial charge is 0.192 e. The lowest BCUT2D eigenvalue weighted by molar-refractivity contribution is -0.0328. The minimum Gasteiger partial charge on any atom is -0.192 e. The standard InChI is InChI=1S/C8H4F3NS/c9-8(10,11)13-7-3-1-6(5-12)2-4-7/h1-4H/i8-1. The molecule has 5 heteroatoms. The zero-order valence-electron chi connectivity index (χ0n) is 6.30. The summed E-state index contributed by atoms with van der Waals surface area (Å²) < 4.78 is 35.5. The number of nitrogens with zero attached hydrogens (tertiary/aromatic N) is 1. The van der Waals surface area contributed by atoms with Gasteiger partial charge in [0.15, 0.2) is 0 Å². The van der Waals surface area contributed by atoms with Crippen LogP contribution in [0.5, 0.6) is 0 Å². The van der Waals surface area contributed by atoms with Crippen molar-refractivity contribution in [3.8, 4) is 6.07 Å². The molecular weight excluding hydrogens is 198 g/mol. The first kappa shape index (κ1) is 9.93. The van der Waals surface area contributed by atoms with Gasteiger partial charge in [-0.25, -0.2) is 0 Å². The quantitative estimate of drug-likeness (QED) is 0.653. The Bertz CT molecular complexity index is 323. The molecule has 0 fully saturated rings. The first-order valence-electron chi connectivity index (χ1n) is 3.27. The van der Waals surface area contributed by atoms with Crippen molar-refractivity contribution in [1.29, 1.82) is 5.26 Å². The van der Waals surface area contributed by atoms with Crippen LogP contribution in [0.15, 0.2) is 29.2 Å². The molecule has 1 aromatic rings. The molecule has 1 nitrogen and oxygen atoms in total. The fraction of sp³-hybridized carbons (Fsp3) is 0.125. The predicted molar refractivity (Wildman–Crippen MR) is 43.1 cm³/mol. The highest BCUT2D eigenvalue weighted by molar-refractivity contribution is 8.00. The van der Waals surface area contributed by atoms with E-state index in [2.05, 4.69) is 0 Å². The van der Waals surface area contributed by atoms with Gasteiger partial charge in [-0.3, -0.25) is 0 Å². The van der Waals surface area contributed by atoms with Gasteiger partial charge in [0.25, 0.3) is 0 Å². The van der Waals surface area contributed by atoms with E-state index in [1.807, 2.05) is 6.07 Å². The highest BCUT2D eigenvalue weighted by atomic mass is 32.2. The van der Waals surface area contributed by atoms with E-state index in [1.54, 1.807) is 0 Å². The molecule has 68 valence electrons. The average Bonchev–Trinajstić information content (AvgIpc) is 2.03. The molecule has 1 aromatic carbocycles. The molecular formula is C8H4F3NS. The summed E-state index contributed by atoms with van der Waals surface area (Å²) >= 11 is -0.189. The molecule has 0 spiro atoms. The Balaban J connectivity index is 2.77. The highest BCUT2D eigenvalue weighted by Gasteiger charge is 2.28. The van der Waals surface area contributed by atoms with Crippen LogP contribution in [0.1, 0.15) is 5.56 Å². The Kier molecular flexibility index (Phi) is 2.83. The Morgan fingerprint density at radius 2 is 1.69 bits per heavy atom. The topological polar surface area (TPSA) is 23.8 Å². The van der Waals surface area contributed by atoms with E-state index < -0.39 is 5.51 Å². The van der Waals surface area contributed by atoms with E-state index in [0.717, 1.165) is 0 Å². The molecule has 0 atom stereocenters. The molecule has 0 heterocycles. The zero-order chi connectivity index (χ0) is 9.90. The number of halogens is 3. The third-order valence-corrected chi connectivity index (χ3v) is 1.96. The summed E-state index contributed by atoms with van der Waals surface area (Å²) in [5.74, 6) is 0. The summed E-state index contributed by atoms with van der Waals surface area (Å²) in [7, 11) is 0. The van der Waals surface area contributed by atoms with Crippen LogP contribution < -0.4 is 0 Å². The maximum Gasteiger partial charge on any atom is 0.446 e. The number of nitriles is 1. The number of hydrogen-bond acceptors (Lipinski definition) is 2. The van der Waals surface area contributed by atoms with Gasteiger partial charge in [0.2, 0.25) is 0 Å². The summed E-state index contributed by atoms with van der Waals surface area (Å²) in [5, 5.41) is 8.38. The lowest BCUT2D eigenvalue weighted by Gasteiger charge is -2.04. The summed E-state index contributed by atoms with van der Waals surface area (Å²) in [6.45, 7) is 0. The van der Waals surface area contributed by atoms with Gasteiger partial charge < -0.3 is 0 Å². The second kappa shape index (κ2) is 3.71. The van der Waals surface area contributed by atoms with Crippen molar-refractivity contribution >= 4 is 11.8 Å². The number of rotatable bonds is 1. The van der Waals surface area contributed by atoms with E-state index >= 15 is 0 Å². The van der Waals surface area contributed by atoms with Crippen molar-refractivity contribution in [1.82, 2.24) is 0 Å². The van der Waals surface area contributed by atoms with E-state index in [4.69, 9.17) is 5.26 Å². The van der Waals surface area contributed by atoms with Crippen LogP contribution in [-0.2, 0) is 0 Å². The maximum atomic E-state index is 11.8. The van der Waals surface area contributed by atoms with E-state index in [1.165, 1.54) is 24.3 Å². The molecule has 1 rings (SSSR count). The summed E-state index contributed by atoms with van der Waals surface area (Å²) in [6.07, 6.45) is 0. The molecule has 0 bridgehead atoms. The van der Waals surface area contributed by atoms with Crippen molar-refractivity contribution in [2.45, 2.75) is 10.4 Å². The second-order valence-corrected chi connectivity index (χ2v) is 3.32. The first-order valence-corrected chi connectivity index (χ1v) is 4.09. The summed E-state index contributed by atoms with van der Waals surface area (Å²) in [5.41, 5.74) is -3.92. The molecule has 13 heavy (non-hydrogen) atoms. The van der Waals surface area contributed by atoms with Gasteiger partial charge in [-0.05, 0) is 36.0 Å². The molecule has 0 aromatic heterocycles. The van der Waals surface area contributed by atoms with Crippen LogP contribution in [0.25, 0.3) is 0 Å². The van der Waals surface area contributed by atoms with Gasteiger partial charge in [0.05, 0.1) is 11.6 Å². The van der Waals surface area contributed by atoms with Crippen LogP contribution >= 0.6 is 11.8 Å². The molecule has 0 saturated heterocycles. The van der Waals surface area contributed by atoms with Crippen LogP contribution in [0.4, 0.5) is 13.2 Å². The molecule has 0 saturated carbocycles. The number of hydrogen-bond donors (Lipinski definition) is 0. The van der Waals surface area contributed by atoms with Gasteiger partial charge in [-0.2, -0.15) is 18.4 Å². The third kappa shape index (κ3) is 3.38. The SMILES string of the molecule is N#Cc1ccc(S[11C](F)(F)F)cc1. The van der Waals surface area contributed by atoms with Gasteiger partial charge >= 0.3 is 5.51 Å². The minimum absolute atomic E-state index is 0.0894. The average molecular weight is 202 g/mol.